The molecule has 0 heterocycles. The normalized spacial score (nSPS) is 10.3. The molecule has 0 aliphatic heterocycles. The lowest BCUT2D eigenvalue weighted by Gasteiger charge is -2.20. The Hall–Kier alpha value is -2.83. The molecule has 0 fully saturated rings. The molecule has 2 aromatic rings. The van der Waals surface area contributed by atoms with Crippen molar-refractivity contribution >= 4 is 17.5 Å². The molecule has 1 N–H and O–H groups in total. The topological polar surface area (TPSA) is 49.4 Å². The van der Waals surface area contributed by atoms with E-state index in [0.29, 0.717) is 0 Å². The molecular weight excluding hydrogens is 321 g/mol. The minimum atomic E-state index is -0.924. The van der Waals surface area contributed by atoms with Gasteiger partial charge in [0.2, 0.25) is 5.91 Å². The van der Waals surface area contributed by atoms with Gasteiger partial charge in [0.25, 0.3) is 5.91 Å². The molecule has 0 radical (unpaired) electrons. The number of hydrogen-bond acceptors (Lipinski definition) is 2. The van der Waals surface area contributed by atoms with Crippen LogP contribution in [0, 0.1) is 17.5 Å². The molecule has 0 unspecified atom stereocenters. The van der Waals surface area contributed by atoms with E-state index in [1.54, 1.807) is 6.92 Å². The fourth-order valence-corrected chi connectivity index (χ4v) is 2.10. The molecule has 4 nitrogen and oxygen atoms in total. The van der Waals surface area contributed by atoms with Crippen molar-refractivity contribution in [3.63, 3.8) is 0 Å². The van der Waals surface area contributed by atoms with Crippen LogP contribution in [0.1, 0.15) is 17.3 Å². The van der Waals surface area contributed by atoms with Gasteiger partial charge >= 0.3 is 0 Å². The molecule has 24 heavy (non-hydrogen) atoms. The largest absolute Gasteiger partial charge is 0.330 e. The number of para-hydroxylation sites is 1. The number of nitrogens with zero attached hydrogens (tertiary/aromatic N) is 1. The number of carbonyl (C=O) groups is 2. The van der Waals surface area contributed by atoms with Gasteiger partial charge in [0.05, 0.1) is 5.56 Å². The molecule has 0 aromatic heterocycles. The van der Waals surface area contributed by atoms with E-state index in [9.17, 15) is 22.8 Å². The number of halogens is 3. The van der Waals surface area contributed by atoms with Crippen molar-refractivity contribution in [3.8, 4) is 0 Å². The number of nitrogens with one attached hydrogen (secondary N) is 1. The summed E-state index contributed by atoms with van der Waals surface area (Å²) in [7, 11) is 0. The van der Waals surface area contributed by atoms with Gasteiger partial charge in [-0.1, -0.05) is 18.2 Å². The highest BCUT2D eigenvalue weighted by Gasteiger charge is 2.21. The Morgan fingerprint density at radius 2 is 1.54 bits per heavy atom. The third kappa shape index (κ3) is 3.92. The zero-order chi connectivity index (χ0) is 17.7. The van der Waals surface area contributed by atoms with Crippen molar-refractivity contribution in [2.24, 2.45) is 0 Å². The van der Waals surface area contributed by atoms with Gasteiger partial charge in [-0.3, -0.25) is 9.59 Å². The SMILES string of the molecule is CCN(CC(=O)Nc1c(F)cccc1F)C(=O)c1ccccc1F. The third-order valence-corrected chi connectivity index (χ3v) is 3.33. The number of anilines is 1. The molecule has 0 bridgehead atoms. The van der Waals surface area contributed by atoms with E-state index >= 15 is 0 Å². The van der Waals surface area contributed by atoms with Gasteiger partial charge in [0.15, 0.2) is 0 Å². The van der Waals surface area contributed by atoms with Crippen LogP contribution in [-0.4, -0.2) is 29.8 Å². The highest BCUT2D eigenvalue weighted by molar-refractivity contribution is 5.99. The molecule has 7 heteroatoms. The summed E-state index contributed by atoms with van der Waals surface area (Å²) in [5.41, 5.74) is -0.763. The van der Waals surface area contributed by atoms with Crippen LogP contribution < -0.4 is 5.32 Å². The summed E-state index contributed by atoms with van der Waals surface area (Å²) < 4.78 is 40.7. The van der Waals surface area contributed by atoms with Gasteiger partial charge in [-0.25, -0.2) is 13.2 Å². The van der Waals surface area contributed by atoms with Gasteiger partial charge in [-0.15, -0.1) is 0 Å². The van der Waals surface area contributed by atoms with Crippen LogP contribution in [0.15, 0.2) is 42.5 Å². The standard InChI is InChI=1S/C17H15F3N2O2/c1-2-22(17(24)11-6-3-4-7-12(11)18)10-15(23)21-16-13(19)8-5-9-14(16)20/h3-9H,2,10H2,1H3,(H,21,23). The Labute approximate surface area is 136 Å². The lowest BCUT2D eigenvalue weighted by molar-refractivity contribution is -0.116. The fourth-order valence-electron chi connectivity index (χ4n) is 2.10. The van der Waals surface area contributed by atoms with Crippen molar-refractivity contribution in [1.29, 1.82) is 0 Å². The molecule has 2 aromatic carbocycles. The first-order chi connectivity index (χ1) is 11.4. The second kappa shape index (κ2) is 7.63. The Morgan fingerprint density at radius 1 is 0.958 bits per heavy atom. The lowest BCUT2D eigenvalue weighted by atomic mass is 10.2. The van der Waals surface area contributed by atoms with Crippen molar-refractivity contribution < 1.29 is 22.8 Å². The molecule has 0 aliphatic rings. The molecule has 2 amide bonds. The maximum Gasteiger partial charge on any atom is 0.257 e. The summed E-state index contributed by atoms with van der Waals surface area (Å²) in [6.45, 7) is 1.27. The molecule has 0 spiro atoms. The zero-order valence-corrected chi connectivity index (χ0v) is 12.9. The maximum atomic E-state index is 13.7. The monoisotopic (exact) mass is 336 g/mol. The van der Waals surface area contributed by atoms with Crippen molar-refractivity contribution in [1.82, 2.24) is 4.90 Å². The van der Waals surface area contributed by atoms with Gasteiger partial charge < -0.3 is 10.2 Å². The number of amides is 2. The van der Waals surface area contributed by atoms with Crippen LogP contribution >= 0.6 is 0 Å². The summed E-state index contributed by atoms with van der Waals surface area (Å²) in [6, 6.07) is 8.54. The van der Waals surface area contributed by atoms with Gasteiger partial charge in [0.1, 0.15) is 29.7 Å². The van der Waals surface area contributed by atoms with Crippen molar-refractivity contribution in [2.45, 2.75) is 6.92 Å². The van der Waals surface area contributed by atoms with Crippen molar-refractivity contribution in [2.75, 3.05) is 18.4 Å². The van der Waals surface area contributed by atoms with Crippen LogP contribution in [0.4, 0.5) is 18.9 Å². The van der Waals surface area contributed by atoms with E-state index < -0.39 is 41.5 Å². The predicted molar refractivity (Wildman–Crippen MR) is 83.0 cm³/mol. The molecular formula is C17H15F3N2O2. The first kappa shape index (κ1) is 17.5. The number of likely N-dealkylation sites (N-methyl/N-ethyl adjacent to an activating group) is 1. The minimum absolute atomic E-state index is 0.125. The molecule has 0 aliphatic carbocycles. The van der Waals surface area contributed by atoms with Gasteiger partial charge in [0, 0.05) is 6.54 Å². The highest BCUT2D eigenvalue weighted by atomic mass is 19.1. The second-order valence-electron chi connectivity index (χ2n) is 4.94. The summed E-state index contributed by atoms with van der Waals surface area (Å²) in [6.07, 6.45) is 0. The minimum Gasteiger partial charge on any atom is -0.330 e. The average molecular weight is 336 g/mol. The number of rotatable bonds is 5. The number of benzene rings is 2. The Kier molecular flexibility index (Phi) is 5.57. The first-order valence-corrected chi connectivity index (χ1v) is 7.21. The van der Waals surface area contributed by atoms with Crippen LogP contribution in [0.5, 0.6) is 0 Å². The number of hydrogen-bond donors (Lipinski definition) is 1. The first-order valence-electron chi connectivity index (χ1n) is 7.21. The van der Waals surface area contributed by atoms with Crippen LogP contribution in [0.25, 0.3) is 0 Å². The summed E-state index contributed by atoms with van der Waals surface area (Å²) in [5.74, 6) is -4.02. The zero-order valence-electron chi connectivity index (χ0n) is 12.9. The summed E-state index contributed by atoms with van der Waals surface area (Å²) in [4.78, 5) is 25.3. The second-order valence-corrected chi connectivity index (χ2v) is 4.94. The molecule has 126 valence electrons. The average Bonchev–Trinajstić information content (AvgIpc) is 2.56. The third-order valence-electron chi connectivity index (χ3n) is 3.33. The van der Waals surface area contributed by atoms with E-state index in [1.165, 1.54) is 24.3 Å². The Balaban J connectivity index is 2.11. The maximum absolute atomic E-state index is 13.7. The summed E-state index contributed by atoms with van der Waals surface area (Å²) >= 11 is 0. The predicted octanol–water partition coefficient (Wildman–Crippen LogP) is 3.20. The molecule has 0 saturated heterocycles. The summed E-state index contributed by atoms with van der Waals surface area (Å²) in [5, 5.41) is 2.09. The highest BCUT2D eigenvalue weighted by Crippen LogP contribution is 2.18. The fraction of sp³-hybridized carbons (Fsp3) is 0.176. The lowest BCUT2D eigenvalue weighted by Crippen LogP contribution is -2.38. The Morgan fingerprint density at radius 3 is 2.12 bits per heavy atom. The van der Waals surface area contributed by atoms with E-state index in [2.05, 4.69) is 5.32 Å². The number of carbonyl (C=O) groups excluding carboxylic acids is 2. The van der Waals surface area contributed by atoms with Gasteiger partial charge in [-0.05, 0) is 31.2 Å². The van der Waals surface area contributed by atoms with Gasteiger partial charge in [-0.2, -0.15) is 0 Å². The van der Waals surface area contributed by atoms with Crippen LogP contribution in [-0.2, 0) is 4.79 Å². The van der Waals surface area contributed by atoms with E-state index in [4.69, 9.17) is 0 Å². The van der Waals surface area contributed by atoms with Crippen molar-refractivity contribution in [3.05, 3.63) is 65.5 Å². The van der Waals surface area contributed by atoms with Crippen LogP contribution in [0.2, 0.25) is 0 Å². The van der Waals surface area contributed by atoms with E-state index in [-0.39, 0.29) is 12.1 Å². The van der Waals surface area contributed by atoms with Crippen LogP contribution in [0.3, 0.4) is 0 Å². The van der Waals surface area contributed by atoms with E-state index in [0.717, 1.165) is 23.1 Å². The van der Waals surface area contributed by atoms with E-state index in [1.807, 2.05) is 0 Å². The molecule has 2 rings (SSSR count). The quantitative estimate of drug-likeness (QED) is 0.911. The Bertz CT molecular complexity index is 745. The smallest absolute Gasteiger partial charge is 0.257 e. The molecule has 0 saturated carbocycles. The molecule has 0 atom stereocenters.